The summed E-state index contributed by atoms with van der Waals surface area (Å²) in [4.78, 5) is 0. The number of hydrogen-bond acceptors (Lipinski definition) is 0. The van der Waals surface area contributed by atoms with Crippen LogP contribution in [0.15, 0.2) is 24.3 Å². The van der Waals surface area contributed by atoms with Crippen LogP contribution in [-0.2, 0) is 0 Å². The summed E-state index contributed by atoms with van der Waals surface area (Å²) >= 11 is 2.23. The van der Waals surface area contributed by atoms with Crippen LogP contribution in [0, 0.1) is 15.9 Å². The van der Waals surface area contributed by atoms with Gasteiger partial charge in [0.25, 0.3) is 0 Å². The van der Waals surface area contributed by atoms with Gasteiger partial charge in [-0.1, -0.05) is 12.0 Å². The van der Waals surface area contributed by atoms with E-state index in [9.17, 15) is 0 Å². The molecule has 0 saturated carbocycles. The molecular weight excluding hydrogens is 223 g/mol. The molecule has 0 atom stereocenters. The summed E-state index contributed by atoms with van der Waals surface area (Å²) in [5, 5.41) is 0. The molecular formula is C8H5I. The van der Waals surface area contributed by atoms with E-state index in [1.165, 1.54) is 3.57 Å². The van der Waals surface area contributed by atoms with Crippen molar-refractivity contribution in [2.24, 2.45) is 0 Å². The lowest BCUT2D eigenvalue weighted by atomic mass is 10.2. The highest BCUT2D eigenvalue weighted by molar-refractivity contribution is 14.1. The molecule has 0 fully saturated rings. The third-order valence-corrected chi connectivity index (χ3v) is 1.66. The van der Waals surface area contributed by atoms with E-state index in [-0.39, 0.29) is 0 Å². The highest BCUT2D eigenvalue weighted by Gasteiger charge is 1.85. The summed E-state index contributed by atoms with van der Waals surface area (Å²) in [5.74, 6) is 2.56. The molecule has 1 aromatic rings. The smallest absolute Gasteiger partial charge is 0.0253 e. The van der Waals surface area contributed by atoms with Crippen LogP contribution in [0.3, 0.4) is 0 Å². The average Bonchev–Trinajstić information content (AvgIpc) is 1.88. The maximum Gasteiger partial charge on any atom is 0.0253 e. The molecule has 1 heteroatoms. The van der Waals surface area contributed by atoms with Crippen molar-refractivity contribution in [2.75, 3.05) is 0 Å². The van der Waals surface area contributed by atoms with Crippen molar-refractivity contribution in [1.29, 1.82) is 0 Å². The molecule has 0 aromatic heterocycles. The van der Waals surface area contributed by atoms with Crippen molar-refractivity contribution in [1.82, 2.24) is 0 Å². The predicted molar refractivity (Wildman–Crippen MR) is 47.1 cm³/mol. The van der Waals surface area contributed by atoms with Crippen LogP contribution < -0.4 is 0 Å². The van der Waals surface area contributed by atoms with Crippen LogP contribution in [0.25, 0.3) is 0 Å². The molecule has 0 spiro atoms. The topological polar surface area (TPSA) is 0 Å². The van der Waals surface area contributed by atoms with Gasteiger partial charge in [0.1, 0.15) is 0 Å². The second-order valence-electron chi connectivity index (χ2n) is 1.65. The molecule has 0 amide bonds. The molecule has 0 aliphatic heterocycles. The van der Waals surface area contributed by atoms with Crippen molar-refractivity contribution in [3.05, 3.63) is 33.4 Å². The third kappa shape index (κ3) is 1.72. The van der Waals surface area contributed by atoms with Crippen molar-refractivity contribution in [3.8, 4) is 12.3 Å². The van der Waals surface area contributed by atoms with E-state index in [1.54, 1.807) is 0 Å². The quantitative estimate of drug-likeness (QED) is 0.472. The van der Waals surface area contributed by atoms with E-state index in [0.717, 1.165) is 5.56 Å². The molecule has 0 aliphatic rings. The molecule has 1 aromatic carbocycles. The fourth-order valence-electron chi connectivity index (χ4n) is 0.578. The summed E-state index contributed by atoms with van der Waals surface area (Å²) in [6.07, 6.45) is 5.17. The Bertz CT molecular complexity index is 245. The molecule has 0 radical (unpaired) electrons. The summed E-state index contributed by atoms with van der Waals surface area (Å²) < 4.78 is 1.18. The first-order chi connectivity index (χ1) is 4.33. The Labute approximate surface area is 68.4 Å². The van der Waals surface area contributed by atoms with Crippen LogP contribution in [0.5, 0.6) is 0 Å². The van der Waals surface area contributed by atoms with Crippen LogP contribution in [-0.4, -0.2) is 0 Å². The maximum absolute atomic E-state index is 5.17. The molecule has 1 rings (SSSR count). The second kappa shape index (κ2) is 2.88. The summed E-state index contributed by atoms with van der Waals surface area (Å²) in [5.41, 5.74) is 0.946. The first-order valence-electron chi connectivity index (χ1n) is 2.55. The van der Waals surface area contributed by atoms with Gasteiger partial charge in [-0.15, -0.1) is 6.42 Å². The molecule has 9 heavy (non-hydrogen) atoms. The lowest BCUT2D eigenvalue weighted by molar-refractivity contribution is 1.60. The number of halogens is 1. The van der Waals surface area contributed by atoms with Gasteiger partial charge in [-0.05, 0) is 40.8 Å². The minimum atomic E-state index is 0.946. The first-order valence-corrected chi connectivity index (χ1v) is 3.63. The molecule has 0 unspecified atom stereocenters. The molecule has 0 nitrogen and oxygen atoms in total. The second-order valence-corrected chi connectivity index (χ2v) is 2.90. The first kappa shape index (κ1) is 6.63. The zero-order chi connectivity index (χ0) is 6.69. The van der Waals surface area contributed by atoms with Gasteiger partial charge in [-0.2, -0.15) is 0 Å². The normalized spacial score (nSPS) is 8.44. The van der Waals surface area contributed by atoms with E-state index in [2.05, 4.69) is 28.5 Å². The Hall–Kier alpha value is -0.490. The van der Waals surface area contributed by atoms with Gasteiger partial charge in [0.2, 0.25) is 0 Å². The minimum absolute atomic E-state index is 0.946. The van der Waals surface area contributed by atoms with Gasteiger partial charge in [-0.3, -0.25) is 0 Å². The minimum Gasteiger partial charge on any atom is -0.115 e. The zero-order valence-corrected chi connectivity index (χ0v) is 6.92. The van der Waals surface area contributed by atoms with Crippen molar-refractivity contribution >= 4 is 22.6 Å². The van der Waals surface area contributed by atoms with Gasteiger partial charge in [0.15, 0.2) is 0 Å². The van der Waals surface area contributed by atoms with E-state index in [1.807, 2.05) is 24.3 Å². The molecule has 0 bridgehead atoms. The Balaban J connectivity index is 3.12. The molecule has 0 aliphatic carbocycles. The van der Waals surface area contributed by atoms with Crippen LogP contribution in [0.4, 0.5) is 0 Å². The van der Waals surface area contributed by atoms with Crippen molar-refractivity contribution in [3.63, 3.8) is 0 Å². The molecule has 0 N–H and O–H groups in total. The monoisotopic (exact) mass is 228 g/mol. The lowest BCUT2D eigenvalue weighted by Crippen LogP contribution is -1.73. The molecule has 44 valence electrons. The summed E-state index contributed by atoms with van der Waals surface area (Å²) in [6, 6.07) is 7.86. The van der Waals surface area contributed by atoms with E-state index < -0.39 is 0 Å². The lowest BCUT2D eigenvalue weighted by Gasteiger charge is -1.88. The number of rotatable bonds is 0. The van der Waals surface area contributed by atoms with Gasteiger partial charge < -0.3 is 0 Å². The highest BCUT2D eigenvalue weighted by atomic mass is 127. The Kier molecular flexibility index (Phi) is 2.12. The zero-order valence-electron chi connectivity index (χ0n) is 4.76. The fourth-order valence-corrected chi connectivity index (χ4v) is 1.12. The fraction of sp³-hybridized carbons (Fsp3) is 0. The van der Waals surface area contributed by atoms with E-state index in [0.29, 0.717) is 0 Å². The van der Waals surface area contributed by atoms with E-state index in [4.69, 9.17) is 6.42 Å². The van der Waals surface area contributed by atoms with Gasteiger partial charge in [0, 0.05) is 9.13 Å². The predicted octanol–water partition coefficient (Wildman–Crippen LogP) is 2.27. The van der Waals surface area contributed by atoms with Crippen LogP contribution in [0.1, 0.15) is 5.56 Å². The number of hydrogen-bond donors (Lipinski definition) is 0. The van der Waals surface area contributed by atoms with Crippen LogP contribution in [0.2, 0.25) is 0 Å². The third-order valence-electron chi connectivity index (χ3n) is 0.991. The van der Waals surface area contributed by atoms with Gasteiger partial charge in [-0.25, -0.2) is 0 Å². The molecule has 0 saturated heterocycles. The Morgan fingerprint density at radius 1 is 1.44 bits per heavy atom. The molecule has 0 heterocycles. The Morgan fingerprint density at radius 3 is 2.67 bits per heavy atom. The Morgan fingerprint density at radius 2 is 2.22 bits per heavy atom. The SMILES string of the molecule is C#Cc1cccc(I)c1. The highest BCUT2D eigenvalue weighted by Crippen LogP contribution is 2.05. The van der Waals surface area contributed by atoms with Crippen molar-refractivity contribution in [2.45, 2.75) is 0 Å². The van der Waals surface area contributed by atoms with Crippen LogP contribution >= 0.6 is 22.6 Å². The summed E-state index contributed by atoms with van der Waals surface area (Å²) in [6.45, 7) is 0. The number of terminal acetylenes is 1. The summed E-state index contributed by atoms with van der Waals surface area (Å²) in [7, 11) is 0. The van der Waals surface area contributed by atoms with Crippen molar-refractivity contribution < 1.29 is 0 Å². The maximum atomic E-state index is 5.17. The number of benzene rings is 1. The van der Waals surface area contributed by atoms with Gasteiger partial charge >= 0.3 is 0 Å². The van der Waals surface area contributed by atoms with Gasteiger partial charge in [0.05, 0.1) is 0 Å². The largest absolute Gasteiger partial charge is 0.115 e. The van der Waals surface area contributed by atoms with E-state index >= 15 is 0 Å². The standard InChI is InChI=1S/C8H5I/c1-2-7-4-3-5-8(9)6-7/h1,3-6H. The average molecular weight is 228 g/mol.